The first-order valence-corrected chi connectivity index (χ1v) is 9.30. The van der Waals surface area contributed by atoms with Crippen LogP contribution in [0.15, 0.2) is 30.3 Å². The Balaban J connectivity index is 1.71. The fourth-order valence-electron chi connectivity index (χ4n) is 3.64. The summed E-state index contributed by atoms with van der Waals surface area (Å²) < 4.78 is 4.84. The number of nitrogens with one attached hydrogen (secondary N) is 1. The first kappa shape index (κ1) is 19.7. The van der Waals surface area contributed by atoms with E-state index >= 15 is 0 Å². The van der Waals surface area contributed by atoms with E-state index in [0.29, 0.717) is 30.0 Å². The lowest BCUT2D eigenvalue weighted by molar-refractivity contribution is -0.130. The number of carbonyl (C=O) groups excluding carboxylic acids is 3. The van der Waals surface area contributed by atoms with Crippen LogP contribution in [0.1, 0.15) is 39.0 Å². The number of hydrogen-bond donors (Lipinski definition) is 1. The van der Waals surface area contributed by atoms with Crippen LogP contribution >= 0.6 is 0 Å². The van der Waals surface area contributed by atoms with E-state index in [2.05, 4.69) is 22.0 Å². The van der Waals surface area contributed by atoms with Crippen LogP contribution in [0.3, 0.4) is 0 Å². The number of nitrogens with zero attached hydrogens (tertiary/aromatic N) is 2. The molecule has 1 aromatic carbocycles. The number of methoxy groups -OCH3 is 1. The van der Waals surface area contributed by atoms with Gasteiger partial charge in [0.1, 0.15) is 0 Å². The number of carbonyl (C=O) groups is 3. The smallest absolute Gasteiger partial charge is 0.339 e. The largest absolute Gasteiger partial charge is 0.465 e. The zero-order valence-electron chi connectivity index (χ0n) is 16.4. The Kier molecular flexibility index (Phi) is 5.82. The zero-order chi connectivity index (χ0) is 20.3. The first-order chi connectivity index (χ1) is 13.4. The molecule has 1 aliphatic rings. The van der Waals surface area contributed by atoms with E-state index in [4.69, 9.17) is 4.74 Å². The number of aromatic amines is 1. The van der Waals surface area contributed by atoms with E-state index in [1.54, 1.807) is 11.8 Å². The minimum absolute atomic E-state index is 0.0316. The van der Waals surface area contributed by atoms with Gasteiger partial charge in [0.15, 0.2) is 5.78 Å². The molecule has 1 aromatic heterocycles. The van der Waals surface area contributed by atoms with Gasteiger partial charge in [-0.2, -0.15) is 0 Å². The molecular weight excluding hydrogens is 358 g/mol. The van der Waals surface area contributed by atoms with Crippen LogP contribution in [0.25, 0.3) is 0 Å². The molecule has 1 saturated heterocycles. The highest BCUT2D eigenvalue weighted by Gasteiger charge is 2.27. The maximum Gasteiger partial charge on any atom is 0.339 e. The highest BCUT2D eigenvalue weighted by atomic mass is 16.5. The predicted octanol–water partition coefficient (Wildman–Crippen LogP) is 2.20. The average Bonchev–Trinajstić information content (AvgIpc) is 3.04. The molecule has 0 unspecified atom stereocenters. The maximum absolute atomic E-state index is 12.8. The normalized spacial score (nSPS) is 14.1. The molecule has 0 atom stereocenters. The van der Waals surface area contributed by atoms with Crippen LogP contribution < -0.4 is 4.90 Å². The quantitative estimate of drug-likeness (QED) is 0.632. The number of ketones is 1. The van der Waals surface area contributed by atoms with E-state index < -0.39 is 5.97 Å². The van der Waals surface area contributed by atoms with Gasteiger partial charge in [-0.3, -0.25) is 9.59 Å². The van der Waals surface area contributed by atoms with Crippen LogP contribution in [0, 0.1) is 6.92 Å². The Labute approximate surface area is 164 Å². The van der Waals surface area contributed by atoms with Gasteiger partial charge in [-0.05, 0) is 24.6 Å². The van der Waals surface area contributed by atoms with Crippen molar-refractivity contribution >= 4 is 23.3 Å². The van der Waals surface area contributed by atoms with Gasteiger partial charge in [0.05, 0.1) is 24.8 Å². The molecule has 3 rings (SSSR count). The molecule has 0 bridgehead atoms. The second-order valence-electron chi connectivity index (χ2n) is 6.91. The molecule has 1 fully saturated rings. The van der Waals surface area contributed by atoms with E-state index in [1.807, 2.05) is 18.2 Å². The lowest BCUT2D eigenvalue weighted by Crippen LogP contribution is -2.49. The molecule has 7 nitrogen and oxygen atoms in total. The Bertz CT molecular complexity index is 881. The van der Waals surface area contributed by atoms with Crippen molar-refractivity contribution in [2.45, 2.75) is 20.3 Å². The number of piperazine rings is 1. The summed E-state index contributed by atoms with van der Waals surface area (Å²) in [7, 11) is 1.29. The number of rotatable bonds is 5. The number of hydrogen-bond acceptors (Lipinski definition) is 5. The third kappa shape index (κ3) is 3.93. The zero-order valence-corrected chi connectivity index (χ0v) is 16.4. The van der Waals surface area contributed by atoms with Crippen molar-refractivity contribution < 1.29 is 19.1 Å². The summed E-state index contributed by atoms with van der Waals surface area (Å²) in [6.07, 6.45) is 0.0316. The topological polar surface area (TPSA) is 82.7 Å². The summed E-state index contributed by atoms with van der Waals surface area (Å²) in [5.74, 6) is -0.801. The Morgan fingerprint density at radius 2 is 1.71 bits per heavy atom. The minimum atomic E-state index is -0.544. The van der Waals surface area contributed by atoms with E-state index in [9.17, 15) is 14.4 Å². The summed E-state index contributed by atoms with van der Waals surface area (Å²) in [5, 5.41) is 0. The maximum atomic E-state index is 12.8. The Morgan fingerprint density at radius 3 is 2.29 bits per heavy atom. The van der Waals surface area contributed by atoms with Gasteiger partial charge in [-0.1, -0.05) is 18.2 Å². The van der Waals surface area contributed by atoms with Gasteiger partial charge in [-0.25, -0.2) is 4.79 Å². The molecule has 1 N–H and O–H groups in total. The number of ether oxygens (including phenoxy) is 1. The molecule has 1 amide bonds. The SMILES string of the molecule is COC(=O)c1c(CC(=O)N2CCN(c3ccccc3)CC2)[nH]c(C(C)=O)c1C. The predicted molar refractivity (Wildman–Crippen MR) is 106 cm³/mol. The average molecular weight is 383 g/mol. The van der Waals surface area contributed by atoms with Crippen molar-refractivity contribution in [3.8, 4) is 0 Å². The van der Waals surface area contributed by atoms with Crippen molar-refractivity contribution in [2.75, 3.05) is 38.2 Å². The van der Waals surface area contributed by atoms with Crippen LogP contribution in [-0.4, -0.2) is 60.8 Å². The molecule has 148 valence electrons. The van der Waals surface area contributed by atoms with Crippen molar-refractivity contribution in [3.63, 3.8) is 0 Å². The van der Waals surface area contributed by atoms with Crippen LogP contribution in [0.4, 0.5) is 5.69 Å². The third-order valence-corrected chi connectivity index (χ3v) is 5.15. The number of anilines is 1. The fourth-order valence-corrected chi connectivity index (χ4v) is 3.64. The third-order valence-electron chi connectivity index (χ3n) is 5.15. The monoisotopic (exact) mass is 383 g/mol. The molecule has 28 heavy (non-hydrogen) atoms. The molecule has 7 heteroatoms. The number of benzene rings is 1. The van der Waals surface area contributed by atoms with E-state index in [1.165, 1.54) is 14.0 Å². The lowest BCUT2D eigenvalue weighted by Gasteiger charge is -2.36. The fraction of sp³-hybridized carbons (Fsp3) is 0.381. The summed E-state index contributed by atoms with van der Waals surface area (Å²) in [5.41, 5.74) is 2.73. The molecule has 0 radical (unpaired) electrons. The minimum Gasteiger partial charge on any atom is -0.465 e. The second kappa shape index (κ2) is 8.29. The molecule has 2 heterocycles. The molecule has 1 aliphatic heterocycles. The van der Waals surface area contributed by atoms with Crippen molar-refractivity contribution in [1.82, 2.24) is 9.88 Å². The van der Waals surface area contributed by atoms with Gasteiger partial charge in [0.25, 0.3) is 0 Å². The highest BCUT2D eigenvalue weighted by Crippen LogP contribution is 2.22. The highest BCUT2D eigenvalue weighted by molar-refractivity contribution is 6.01. The van der Waals surface area contributed by atoms with Crippen molar-refractivity contribution in [2.24, 2.45) is 0 Å². The summed E-state index contributed by atoms with van der Waals surface area (Å²) in [6, 6.07) is 10.1. The standard InChI is InChI=1S/C21H25N3O4/c1-14-19(21(27)28-3)17(22-20(14)15(2)25)13-18(26)24-11-9-23(10-12-24)16-7-5-4-6-8-16/h4-8,22H,9-13H2,1-3H3. The van der Waals surface area contributed by atoms with Gasteiger partial charge >= 0.3 is 5.97 Å². The van der Waals surface area contributed by atoms with Gasteiger partial charge < -0.3 is 19.5 Å². The molecular formula is C21H25N3O4. The van der Waals surface area contributed by atoms with E-state index in [0.717, 1.165) is 18.8 Å². The number of amides is 1. The molecule has 2 aromatic rings. The van der Waals surface area contributed by atoms with Crippen molar-refractivity contribution in [3.05, 3.63) is 52.8 Å². The molecule has 0 saturated carbocycles. The summed E-state index contributed by atoms with van der Waals surface area (Å²) in [4.78, 5) is 43.8. The van der Waals surface area contributed by atoms with Gasteiger partial charge in [-0.15, -0.1) is 0 Å². The summed E-state index contributed by atoms with van der Waals surface area (Å²) >= 11 is 0. The first-order valence-electron chi connectivity index (χ1n) is 9.30. The Hall–Kier alpha value is -3.09. The number of Topliss-reactive ketones (excluding diaryl/α,β-unsaturated/α-hetero) is 1. The van der Waals surface area contributed by atoms with Crippen molar-refractivity contribution in [1.29, 1.82) is 0 Å². The number of aromatic nitrogens is 1. The van der Waals surface area contributed by atoms with Crippen LogP contribution in [-0.2, 0) is 16.0 Å². The Morgan fingerprint density at radius 1 is 1.07 bits per heavy atom. The molecule has 0 spiro atoms. The van der Waals surface area contributed by atoms with Crippen LogP contribution in [0.5, 0.6) is 0 Å². The number of para-hydroxylation sites is 1. The molecule has 0 aliphatic carbocycles. The summed E-state index contributed by atoms with van der Waals surface area (Å²) in [6.45, 7) is 5.84. The lowest BCUT2D eigenvalue weighted by atomic mass is 10.1. The number of esters is 1. The van der Waals surface area contributed by atoms with E-state index in [-0.39, 0.29) is 23.7 Å². The van der Waals surface area contributed by atoms with Gasteiger partial charge in [0.2, 0.25) is 5.91 Å². The second-order valence-corrected chi connectivity index (χ2v) is 6.91. The van der Waals surface area contributed by atoms with Crippen LogP contribution in [0.2, 0.25) is 0 Å². The number of H-pyrrole nitrogens is 1. The van der Waals surface area contributed by atoms with Gasteiger partial charge in [0, 0.05) is 44.5 Å².